The topological polar surface area (TPSA) is 53.1 Å². The summed E-state index contributed by atoms with van der Waals surface area (Å²) in [5.41, 5.74) is 5.70. The first-order chi connectivity index (χ1) is 7.85. The van der Waals surface area contributed by atoms with Crippen LogP contribution in [0.3, 0.4) is 0 Å². The maximum Gasteiger partial charge on any atom is 0.101 e. The van der Waals surface area contributed by atoms with Gasteiger partial charge >= 0.3 is 0 Å². The highest BCUT2D eigenvalue weighted by atomic mass is 15.1. The number of piperidine rings is 1. The minimum atomic E-state index is -0.635. The summed E-state index contributed by atoms with van der Waals surface area (Å²) in [5.74, 6) is 0. The first-order valence-corrected chi connectivity index (χ1v) is 6.77. The summed E-state index contributed by atoms with van der Waals surface area (Å²) in [6, 6.07) is 2.15. The molecule has 0 spiro atoms. The van der Waals surface area contributed by atoms with Crippen molar-refractivity contribution >= 4 is 0 Å². The van der Waals surface area contributed by atoms with Crippen LogP contribution in [0.2, 0.25) is 0 Å². The third-order valence-corrected chi connectivity index (χ3v) is 3.89. The quantitative estimate of drug-likeness (QED) is 0.748. The molecule has 1 unspecified atom stereocenters. The van der Waals surface area contributed by atoms with E-state index in [1.165, 1.54) is 25.9 Å². The number of hydrogen-bond acceptors (Lipinski definition) is 3. The van der Waals surface area contributed by atoms with E-state index < -0.39 is 5.54 Å². The van der Waals surface area contributed by atoms with Crippen LogP contribution in [-0.2, 0) is 0 Å². The van der Waals surface area contributed by atoms with E-state index in [4.69, 9.17) is 11.0 Å². The molecule has 0 radical (unpaired) electrons. The standard InChI is InChI=1S/C14H27N3/c1-13(2)7-10-17(11-8-13)9-5-4-6-14(3,16)12-15/h4-11,16H2,1-3H3. The number of rotatable bonds is 5. The Bertz CT molecular complexity index is 266. The van der Waals surface area contributed by atoms with E-state index in [0.717, 1.165) is 25.8 Å². The smallest absolute Gasteiger partial charge is 0.101 e. The molecule has 1 atom stereocenters. The number of hydrogen-bond donors (Lipinski definition) is 1. The van der Waals surface area contributed by atoms with Crippen LogP contribution in [0.25, 0.3) is 0 Å². The molecule has 0 bridgehead atoms. The predicted octanol–water partition coefficient (Wildman–Crippen LogP) is 2.52. The Morgan fingerprint density at radius 3 is 2.41 bits per heavy atom. The highest BCUT2D eigenvalue weighted by Gasteiger charge is 2.25. The third-order valence-electron chi connectivity index (χ3n) is 3.89. The largest absolute Gasteiger partial charge is 0.314 e. The van der Waals surface area contributed by atoms with Crippen LogP contribution in [0, 0.1) is 16.7 Å². The Hall–Kier alpha value is -0.590. The van der Waals surface area contributed by atoms with Crippen molar-refractivity contribution in [1.29, 1.82) is 5.26 Å². The van der Waals surface area contributed by atoms with Gasteiger partial charge in [-0.25, -0.2) is 0 Å². The number of nitrogens with zero attached hydrogens (tertiary/aromatic N) is 2. The van der Waals surface area contributed by atoms with E-state index in [0.29, 0.717) is 5.41 Å². The highest BCUT2D eigenvalue weighted by molar-refractivity contribution is 5.00. The van der Waals surface area contributed by atoms with Crippen molar-refractivity contribution in [3.63, 3.8) is 0 Å². The molecule has 1 heterocycles. The summed E-state index contributed by atoms with van der Waals surface area (Å²) in [6.45, 7) is 10.2. The Morgan fingerprint density at radius 1 is 1.29 bits per heavy atom. The molecule has 0 aliphatic carbocycles. The third kappa shape index (κ3) is 5.52. The number of unbranched alkanes of at least 4 members (excludes halogenated alkanes) is 1. The van der Waals surface area contributed by atoms with Crippen LogP contribution in [0.15, 0.2) is 0 Å². The highest BCUT2D eigenvalue weighted by Crippen LogP contribution is 2.29. The second kappa shape index (κ2) is 5.84. The average Bonchev–Trinajstić information content (AvgIpc) is 2.26. The van der Waals surface area contributed by atoms with Gasteiger partial charge in [0.1, 0.15) is 5.54 Å². The zero-order chi connectivity index (χ0) is 12.9. The van der Waals surface area contributed by atoms with Crippen molar-refractivity contribution in [3.8, 4) is 6.07 Å². The van der Waals surface area contributed by atoms with Crippen molar-refractivity contribution in [2.75, 3.05) is 19.6 Å². The Balaban J connectivity index is 2.11. The van der Waals surface area contributed by atoms with Crippen molar-refractivity contribution in [1.82, 2.24) is 4.90 Å². The molecule has 2 N–H and O–H groups in total. The fraction of sp³-hybridized carbons (Fsp3) is 0.929. The van der Waals surface area contributed by atoms with Crippen LogP contribution in [0.5, 0.6) is 0 Å². The van der Waals surface area contributed by atoms with Gasteiger partial charge in [0.2, 0.25) is 0 Å². The minimum absolute atomic E-state index is 0.535. The lowest BCUT2D eigenvalue weighted by molar-refractivity contribution is 0.130. The first-order valence-electron chi connectivity index (χ1n) is 6.77. The molecule has 0 aromatic carbocycles. The Kier molecular flexibility index (Phi) is 4.97. The summed E-state index contributed by atoms with van der Waals surface area (Å²) >= 11 is 0. The zero-order valence-electron chi connectivity index (χ0n) is 11.6. The summed E-state index contributed by atoms with van der Waals surface area (Å²) in [4.78, 5) is 2.55. The predicted molar refractivity (Wildman–Crippen MR) is 71.5 cm³/mol. The van der Waals surface area contributed by atoms with Gasteiger partial charge in [0, 0.05) is 0 Å². The molecule has 98 valence electrons. The molecule has 3 heteroatoms. The SMILES string of the molecule is CC(N)(C#N)CCCCN1CCC(C)(C)CC1. The zero-order valence-corrected chi connectivity index (χ0v) is 11.6. The Labute approximate surface area is 106 Å². The molecule has 0 aromatic heterocycles. The van der Waals surface area contributed by atoms with Crippen molar-refractivity contribution < 1.29 is 0 Å². The van der Waals surface area contributed by atoms with Gasteiger partial charge in [-0.3, -0.25) is 0 Å². The maximum absolute atomic E-state index is 8.81. The van der Waals surface area contributed by atoms with Crippen LogP contribution in [0.1, 0.15) is 52.9 Å². The first kappa shape index (κ1) is 14.5. The van der Waals surface area contributed by atoms with Gasteiger partial charge in [0.25, 0.3) is 0 Å². The summed E-state index contributed by atoms with van der Waals surface area (Å²) in [5, 5.41) is 8.81. The maximum atomic E-state index is 8.81. The molecule has 1 rings (SSSR count). The van der Waals surface area contributed by atoms with Crippen molar-refractivity contribution in [2.45, 2.75) is 58.4 Å². The molecule has 0 saturated carbocycles. The number of nitriles is 1. The lowest BCUT2D eigenvalue weighted by atomic mass is 9.82. The normalized spacial score (nSPS) is 23.9. The monoisotopic (exact) mass is 237 g/mol. The molecular weight excluding hydrogens is 210 g/mol. The summed E-state index contributed by atoms with van der Waals surface area (Å²) in [6.07, 6.45) is 5.64. The van der Waals surface area contributed by atoms with Gasteiger partial charge in [0.05, 0.1) is 6.07 Å². The fourth-order valence-electron chi connectivity index (χ4n) is 2.27. The summed E-state index contributed by atoms with van der Waals surface area (Å²) in [7, 11) is 0. The van der Waals surface area contributed by atoms with Crippen LogP contribution in [-0.4, -0.2) is 30.1 Å². The molecule has 0 amide bonds. The lowest BCUT2D eigenvalue weighted by Gasteiger charge is -2.37. The van der Waals surface area contributed by atoms with Gasteiger partial charge in [-0.2, -0.15) is 5.26 Å². The van der Waals surface area contributed by atoms with Gasteiger partial charge in [-0.15, -0.1) is 0 Å². The molecular formula is C14H27N3. The molecule has 1 aliphatic heterocycles. The van der Waals surface area contributed by atoms with E-state index in [1.54, 1.807) is 0 Å². The van der Waals surface area contributed by atoms with E-state index >= 15 is 0 Å². The van der Waals surface area contributed by atoms with Crippen molar-refractivity contribution in [2.24, 2.45) is 11.1 Å². The van der Waals surface area contributed by atoms with E-state index in [2.05, 4.69) is 24.8 Å². The molecule has 1 fully saturated rings. The molecule has 0 aromatic rings. The summed E-state index contributed by atoms with van der Waals surface area (Å²) < 4.78 is 0. The molecule has 1 saturated heterocycles. The minimum Gasteiger partial charge on any atom is -0.314 e. The van der Waals surface area contributed by atoms with E-state index in [-0.39, 0.29) is 0 Å². The van der Waals surface area contributed by atoms with Crippen LogP contribution < -0.4 is 5.73 Å². The van der Waals surface area contributed by atoms with Crippen LogP contribution >= 0.6 is 0 Å². The van der Waals surface area contributed by atoms with E-state index in [9.17, 15) is 0 Å². The average molecular weight is 237 g/mol. The number of likely N-dealkylation sites (tertiary alicyclic amines) is 1. The van der Waals surface area contributed by atoms with Crippen molar-refractivity contribution in [3.05, 3.63) is 0 Å². The Morgan fingerprint density at radius 2 is 1.88 bits per heavy atom. The van der Waals surface area contributed by atoms with Gasteiger partial charge in [0.15, 0.2) is 0 Å². The van der Waals surface area contributed by atoms with E-state index in [1.807, 2.05) is 6.92 Å². The second-order valence-electron chi connectivity index (χ2n) is 6.49. The molecule has 3 nitrogen and oxygen atoms in total. The number of nitrogens with two attached hydrogens (primary N) is 1. The molecule has 1 aliphatic rings. The van der Waals surface area contributed by atoms with Gasteiger partial charge in [-0.1, -0.05) is 13.8 Å². The van der Waals surface area contributed by atoms with Crippen LogP contribution in [0.4, 0.5) is 0 Å². The van der Waals surface area contributed by atoms with Gasteiger partial charge in [-0.05, 0) is 64.1 Å². The fourth-order valence-corrected chi connectivity index (χ4v) is 2.27. The lowest BCUT2D eigenvalue weighted by Crippen LogP contribution is -2.38. The second-order valence-corrected chi connectivity index (χ2v) is 6.49. The molecule has 17 heavy (non-hydrogen) atoms. The van der Waals surface area contributed by atoms with Gasteiger partial charge < -0.3 is 10.6 Å².